The second-order valence-corrected chi connectivity index (χ2v) is 4.02. The molecule has 0 aromatic carbocycles. The molecule has 1 rings (SSSR count). The first-order chi connectivity index (χ1) is 7.06. The van der Waals surface area contributed by atoms with Crippen LogP contribution in [0.4, 0.5) is 0 Å². The SMILES string of the molecule is CC(CO)N(C)C(=O)C1CCNC(=O)C1. The minimum absolute atomic E-state index is 0.0496. The van der Waals surface area contributed by atoms with E-state index >= 15 is 0 Å². The van der Waals surface area contributed by atoms with Crippen LogP contribution in [0, 0.1) is 5.92 Å². The Morgan fingerprint density at radius 3 is 2.93 bits per heavy atom. The number of hydrogen-bond donors (Lipinski definition) is 2. The van der Waals surface area contributed by atoms with Gasteiger partial charge in [0.15, 0.2) is 0 Å². The number of carbonyl (C=O) groups excluding carboxylic acids is 2. The molecule has 0 bridgehead atoms. The average molecular weight is 214 g/mol. The lowest BCUT2D eigenvalue weighted by Gasteiger charge is -2.29. The van der Waals surface area contributed by atoms with Crippen molar-refractivity contribution in [3.63, 3.8) is 0 Å². The molecule has 0 aromatic rings. The number of rotatable bonds is 3. The van der Waals surface area contributed by atoms with E-state index in [1.165, 1.54) is 4.90 Å². The fourth-order valence-corrected chi connectivity index (χ4v) is 1.62. The van der Waals surface area contributed by atoms with E-state index in [0.29, 0.717) is 13.0 Å². The lowest BCUT2D eigenvalue weighted by molar-refractivity contribution is -0.141. The first-order valence-corrected chi connectivity index (χ1v) is 5.20. The van der Waals surface area contributed by atoms with E-state index in [1.54, 1.807) is 14.0 Å². The van der Waals surface area contributed by atoms with Crippen molar-refractivity contribution >= 4 is 11.8 Å². The van der Waals surface area contributed by atoms with Gasteiger partial charge in [-0.2, -0.15) is 0 Å². The van der Waals surface area contributed by atoms with Crippen LogP contribution in [-0.4, -0.2) is 48.1 Å². The Morgan fingerprint density at radius 2 is 2.40 bits per heavy atom. The Labute approximate surface area is 89.4 Å². The minimum Gasteiger partial charge on any atom is -0.394 e. The quantitative estimate of drug-likeness (QED) is 0.656. The number of nitrogens with one attached hydrogen (secondary N) is 1. The third kappa shape index (κ3) is 2.92. The first kappa shape index (κ1) is 12.0. The van der Waals surface area contributed by atoms with Crippen LogP contribution < -0.4 is 5.32 Å². The second-order valence-electron chi connectivity index (χ2n) is 4.02. The summed E-state index contributed by atoms with van der Waals surface area (Å²) in [5.74, 6) is -0.339. The minimum atomic E-state index is -0.224. The molecule has 2 N–H and O–H groups in total. The number of aliphatic hydroxyl groups excluding tert-OH is 1. The highest BCUT2D eigenvalue weighted by molar-refractivity contribution is 5.86. The molecule has 86 valence electrons. The van der Waals surface area contributed by atoms with E-state index in [-0.39, 0.29) is 36.8 Å². The van der Waals surface area contributed by atoms with E-state index in [0.717, 1.165) is 0 Å². The van der Waals surface area contributed by atoms with Crippen molar-refractivity contribution in [2.75, 3.05) is 20.2 Å². The lowest BCUT2D eigenvalue weighted by atomic mass is 9.95. The van der Waals surface area contributed by atoms with Gasteiger partial charge < -0.3 is 15.3 Å². The van der Waals surface area contributed by atoms with Gasteiger partial charge in [-0.05, 0) is 13.3 Å². The highest BCUT2D eigenvalue weighted by atomic mass is 16.3. The van der Waals surface area contributed by atoms with E-state index in [4.69, 9.17) is 5.11 Å². The van der Waals surface area contributed by atoms with Crippen LogP contribution in [-0.2, 0) is 9.59 Å². The summed E-state index contributed by atoms with van der Waals surface area (Å²) in [6.07, 6.45) is 0.953. The fraction of sp³-hybridized carbons (Fsp3) is 0.800. The highest BCUT2D eigenvalue weighted by Crippen LogP contribution is 2.16. The van der Waals surface area contributed by atoms with Crippen molar-refractivity contribution in [2.45, 2.75) is 25.8 Å². The van der Waals surface area contributed by atoms with Crippen LogP contribution in [0.5, 0.6) is 0 Å². The summed E-state index contributed by atoms with van der Waals surface area (Å²) in [6.45, 7) is 2.29. The van der Waals surface area contributed by atoms with Crippen molar-refractivity contribution in [3.8, 4) is 0 Å². The Balaban J connectivity index is 2.55. The summed E-state index contributed by atoms with van der Waals surface area (Å²) < 4.78 is 0. The average Bonchev–Trinajstić information content (AvgIpc) is 2.26. The number of likely N-dealkylation sites (N-methyl/N-ethyl adjacent to an activating group) is 1. The molecule has 5 nitrogen and oxygen atoms in total. The molecular weight excluding hydrogens is 196 g/mol. The summed E-state index contributed by atoms with van der Waals surface area (Å²) in [5.41, 5.74) is 0. The third-order valence-corrected chi connectivity index (χ3v) is 2.87. The maximum absolute atomic E-state index is 11.9. The normalized spacial score (nSPS) is 23.1. The Kier molecular flexibility index (Phi) is 4.08. The molecule has 2 unspecified atom stereocenters. The number of nitrogens with zero attached hydrogens (tertiary/aromatic N) is 1. The fourth-order valence-electron chi connectivity index (χ4n) is 1.62. The number of amides is 2. The zero-order valence-corrected chi connectivity index (χ0v) is 9.19. The highest BCUT2D eigenvalue weighted by Gasteiger charge is 2.29. The summed E-state index contributed by atoms with van der Waals surface area (Å²) in [7, 11) is 1.66. The van der Waals surface area contributed by atoms with Crippen LogP contribution in [0.3, 0.4) is 0 Å². The van der Waals surface area contributed by atoms with Gasteiger partial charge in [0.1, 0.15) is 0 Å². The zero-order valence-electron chi connectivity index (χ0n) is 9.19. The van der Waals surface area contributed by atoms with Gasteiger partial charge in [0.05, 0.1) is 12.6 Å². The van der Waals surface area contributed by atoms with Gasteiger partial charge in [0.2, 0.25) is 11.8 Å². The number of aliphatic hydroxyl groups is 1. The van der Waals surface area contributed by atoms with Crippen molar-refractivity contribution in [1.29, 1.82) is 0 Å². The van der Waals surface area contributed by atoms with Gasteiger partial charge in [-0.15, -0.1) is 0 Å². The number of hydrogen-bond acceptors (Lipinski definition) is 3. The van der Waals surface area contributed by atoms with Crippen molar-refractivity contribution < 1.29 is 14.7 Å². The van der Waals surface area contributed by atoms with Crippen LogP contribution in [0.1, 0.15) is 19.8 Å². The van der Waals surface area contributed by atoms with Crippen LogP contribution in [0.15, 0.2) is 0 Å². The molecule has 1 aliphatic heterocycles. The van der Waals surface area contributed by atoms with E-state index in [1.807, 2.05) is 0 Å². The molecule has 2 atom stereocenters. The molecular formula is C10H18N2O3. The standard InChI is InChI=1S/C10H18N2O3/c1-7(6-13)12(2)10(15)8-3-4-11-9(14)5-8/h7-8,13H,3-6H2,1-2H3,(H,11,14). The van der Waals surface area contributed by atoms with Crippen molar-refractivity contribution in [2.24, 2.45) is 5.92 Å². The number of piperidine rings is 1. The molecule has 0 saturated carbocycles. The lowest BCUT2D eigenvalue weighted by Crippen LogP contribution is -2.45. The van der Waals surface area contributed by atoms with Gasteiger partial charge in [0, 0.05) is 25.9 Å². The number of carbonyl (C=O) groups is 2. The monoisotopic (exact) mass is 214 g/mol. The molecule has 2 amide bonds. The predicted octanol–water partition coefficient (Wildman–Crippen LogP) is -0.648. The topological polar surface area (TPSA) is 69.6 Å². The summed E-state index contributed by atoms with van der Waals surface area (Å²) in [4.78, 5) is 24.5. The predicted molar refractivity (Wildman–Crippen MR) is 55.1 cm³/mol. The molecule has 5 heteroatoms. The Hall–Kier alpha value is -1.10. The molecule has 1 aliphatic rings. The van der Waals surface area contributed by atoms with Gasteiger partial charge in [-0.3, -0.25) is 9.59 Å². The molecule has 0 spiro atoms. The summed E-state index contributed by atoms with van der Waals surface area (Å²) in [6, 6.07) is -0.192. The summed E-state index contributed by atoms with van der Waals surface area (Å²) >= 11 is 0. The maximum Gasteiger partial charge on any atom is 0.226 e. The smallest absolute Gasteiger partial charge is 0.226 e. The first-order valence-electron chi connectivity index (χ1n) is 5.20. The van der Waals surface area contributed by atoms with Gasteiger partial charge in [-0.1, -0.05) is 0 Å². The maximum atomic E-state index is 11.9. The molecule has 0 radical (unpaired) electrons. The van der Waals surface area contributed by atoms with E-state index < -0.39 is 0 Å². The Morgan fingerprint density at radius 1 is 1.73 bits per heavy atom. The molecule has 0 aliphatic carbocycles. The van der Waals surface area contributed by atoms with Gasteiger partial charge in [0.25, 0.3) is 0 Å². The van der Waals surface area contributed by atoms with Crippen LogP contribution in [0.25, 0.3) is 0 Å². The molecule has 1 fully saturated rings. The molecule has 0 aromatic heterocycles. The van der Waals surface area contributed by atoms with E-state index in [2.05, 4.69) is 5.32 Å². The van der Waals surface area contributed by atoms with Crippen molar-refractivity contribution in [1.82, 2.24) is 10.2 Å². The van der Waals surface area contributed by atoms with E-state index in [9.17, 15) is 9.59 Å². The molecule has 15 heavy (non-hydrogen) atoms. The van der Waals surface area contributed by atoms with Gasteiger partial charge in [-0.25, -0.2) is 0 Å². The Bertz CT molecular complexity index is 255. The second kappa shape index (κ2) is 5.11. The zero-order chi connectivity index (χ0) is 11.4. The largest absolute Gasteiger partial charge is 0.394 e. The molecule has 1 saturated heterocycles. The van der Waals surface area contributed by atoms with Crippen molar-refractivity contribution in [3.05, 3.63) is 0 Å². The summed E-state index contributed by atoms with van der Waals surface area (Å²) in [5, 5.41) is 11.6. The molecule has 1 heterocycles. The van der Waals surface area contributed by atoms with Crippen LogP contribution in [0.2, 0.25) is 0 Å². The van der Waals surface area contributed by atoms with Crippen LogP contribution >= 0.6 is 0 Å². The van der Waals surface area contributed by atoms with Gasteiger partial charge >= 0.3 is 0 Å². The third-order valence-electron chi connectivity index (χ3n) is 2.87.